The Bertz CT molecular complexity index is 691. The number of fused-ring (bicyclic) bond motifs is 1. The van der Waals surface area contributed by atoms with E-state index in [0.29, 0.717) is 4.91 Å². The molecule has 18 heavy (non-hydrogen) atoms. The average molecular weight is 255 g/mol. The van der Waals surface area contributed by atoms with Gasteiger partial charge >= 0.3 is 0 Å². The molecule has 2 amide bonds. The number of rotatable bonds is 1. The lowest BCUT2D eigenvalue weighted by Crippen LogP contribution is -2.17. The van der Waals surface area contributed by atoms with Crippen molar-refractivity contribution in [3.8, 4) is 0 Å². The molecule has 0 aromatic heterocycles. The van der Waals surface area contributed by atoms with Crippen LogP contribution in [0.5, 0.6) is 0 Å². The first kappa shape index (κ1) is 11.0. The van der Waals surface area contributed by atoms with E-state index in [9.17, 15) is 9.59 Å². The minimum Gasteiger partial charge on any atom is -0.282 e. The van der Waals surface area contributed by atoms with Crippen molar-refractivity contribution in [3.05, 3.63) is 52.9 Å². The topological polar surface area (TPSA) is 46.2 Å². The van der Waals surface area contributed by atoms with Crippen molar-refractivity contribution in [1.29, 1.82) is 0 Å². The van der Waals surface area contributed by atoms with Crippen LogP contribution >= 0.6 is 11.8 Å². The Morgan fingerprint density at radius 3 is 2.50 bits per heavy atom. The number of thioether (sulfide) groups is 1. The van der Waals surface area contributed by atoms with Crippen LogP contribution in [-0.2, 0) is 4.79 Å². The maximum atomic E-state index is 11.4. The SMILES string of the molecule is O=C1NC(=O)C(=Cc2ccc3ccccc3c2)S1. The second-order valence-corrected chi connectivity index (χ2v) is 4.97. The quantitative estimate of drug-likeness (QED) is 0.796. The molecule has 1 aliphatic rings. The summed E-state index contributed by atoms with van der Waals surface area (Å²) in [7, 11) is 0. The predicted octanol–water partition coefficient (Wildman–Crippen LogP) is 3.16. The first-order chi connectivity index (χ1) is 8.72. The summed E-state index contributed by atoms with van der Waals surface area (Å²) >= 11 is 0.935. The van der Waals surface area contributed by atoms with Crippen LogP contribution in [0.4, 0.5) is 4.79 Å². The molecule has 0 aliphatic carbocycles. The van der Waals surface area contributed by atoms with E-state index in [2.05, 4.69) is 5.32 Å². The van der Waals surface area contributed by atoms with E-state index in [4.69, 9.17) is 0 Å². The van der Waals surface area contributed by atoms with Crippen molar-refractivity contribution in [3.63, 3.8) is 0 Å². The number of nitrogens with one attached hydrogen (secondary N) is 1. The van der Waals surface area contributed by atoms with Gasteiger partial charge in [-0.3, -0.25) is 14.9 Å². The van der Waals surface area contributed by atoms with Gasteiger partial charge in [-0.1, -0.05) is 36.4 Å². The Morgan fingerprint density at radius 2 is 1.78 bits per heavy atom. The fourth-order valence-corrected chi connectivity index (χ4v) is 2.55. The van der Waals surface area contributed by atoms with Gasteiger partial charge in [-0.25, -0.2) is 0 Å². The monoisotopic (exact) mass is 255 g/mol. The summed E-state index contributed by atoms with van der Waals surface area (Å²) in [5, 5.41) is 4.19. The van der Waals surface area contributed by atoms with Gasteiger partial charge in [0.1, 0.15) is 0 Å². The molecule has 2 aromatic carbocycles. The van der Waals surface area contributed by atoms with Gasteiger partial charge in [-0.05, 0) is 40.2 Å². The summed E-state index contributed by atoms with van der Waals surface area (Å²) in [5.41, 5.74) is 0.918. The number of amides is 2. The van der Waals surface area contributed by atoms with Crippen LogP contribution in [-0.4, -0.2) is 11.1 Å². The smallest absolute Gasteiger partial charge is 0.282 e. The van der Waals surface area contributed by atoms with Crippen LogP contribution in [0, 0.1) is 0 Å². The van der Waals surface area contributed by atoms with Crippen LogP contribution in [0.3, 0.4) is 0 Å². The summed E-state index contributed by atoms with van der Waals surface area (Å²) in [6.07, 6.45) is 1.73. The second-order valence-electron chi connectivity index (χ2n) is 3.96. The van der Waals surface area contributed by atoms with Gasteiger partial charge in [-0.2, -0.15) is 0 Å². The molecular weight excluding hydrogens is 246 g/mol. The van der Waals surface area contributed by atoms with Gasteiger partial charge in [0.15, 0.2) is 0 Å². The number of carbonyl (C=O) groups excluding carboxylic acids is 2. The molecule has 1 heterocycles. The molecule has 1 N–H and O–H groups in total. The van der Waals surface area contributed by atoms with E-state index in [1.165, 1.54) is 0 Å². The highest BCUT2D eigenvalue weighted by molar-refractivity contribution is 8.18. The highest BCUT2D eigenvalue weighted by Crippen LogP contribution is 2.26. The molecule has 1 aliphatic heterocycles. The molecule has 0 radical (unpaired) electrons. The third-order valence-electron chi connectivity index (χ3n) is 2.71. The van der Waals surface area contributed by atoms with Crippen LogP contribution in [0.25, 0.3) is 16.8 Å². The van der Waals surface area contributed by atoms with Crippen LogP contribution < -0.4 is 5.32 Å². The Morgan fingerprint density at radius 1 is 1.00 bits per heavy atom. The van der Waals surface area contributed by atoms with Crippen molar-refractivity contribution in [2.45, 2.75) is 0 Å². The lowest BCUT2D eigenvalue weighted by atomic mass is 10.1. The summed E-state index contributed by atoms with van der Waals surface area (Å²) < 4.78 is 0. The minimum atomic E-state index is -0.321. The van der Waals surface area contributed by atoms with Crippen molar-refractivity contribution < 1.29 is 9.59 Å². The molecule has 0 unspecified atom stereocenters. The zero-order chi connectivity index (χ0) is 12.5. The molecule has 1 saturated heterocycles. The summed E-state index contributed by atoms with van der Waals surface area (Å²) in [6, 6.07) is 13.9. The number of hydrogen-bond acceptors (Lipinski definition) is 3. The molecule has 3 rings (SSSR count). The number of imide groups is 1. The number of benzene rings is 2. The molecule has 0 spiro atoms. The van der Waals surface area contributed by atoms with Gasteiger partial charge in [0, 0.05) is 0 Å². The molecule has 4 heteroatoms. The molecular formula is C14H9NO2S. The van der Waals surface area contributed by atoms with Crippen LogP contribution in [0.2, 0.25) is 0 Å². The van der Waals surface area contributed by atoms with Crippen molar-refractivity contribution in [1.82, 2.24) is 5.32 Å². The fraction of sp³-hybridized carbons (Fsp3) is 0. The summed E-state index contributed by atoms with van der Waals surface area (Å²) in [5.74, 6) is -0.321. The van der Waals surface area contributed by atoms with Crippen LogP contribution in [0.15, 0.2) is 47.4 Å². The Hall–Kier alpha value is -2.07. The van der Waals surface area contributed by atoms with E-state index in [0.717, 1.165) is 28.1 Å². The third-order valence-corrected chi connectivity index (χ3v) is 3.52. The Labute approximate surface area is 108 Å². The van der Waals surface area contributed by atoms with Gasteiger partial charge in [0.2, 0.25) is 0 Å². The average Bonchev–Trinajstić information content (AvgIpc) is 2.68. The molecule has 88 valence electrons. The highest BCUT2D eigenvalue weighted by Gasteiger charge is 2.24. The second kappa shape index (κ2) is 4.31. The van der Waals surface area contributed by atoms with Gasteiger partial charge in [-0.15, -0.1) is 0 Å². The number of hydrogen-bond donors (Lipinski definition) is 1. The number of carbonyl (C=O) groups is 2. The lowest BCUT2D eigenvalue weighted by Gasteiger charge is -1.99. The standard InChI is InChI=1S/C14H9NO2S/c16-13-12(18-14(17)15-13)8-9-5-6-10-3-1-2-4-11(10)7-9/h1-8H,(H,15,16,17). The minimum absolute atomic E-state index is 0.313. The van der Waals surface area contributed by atoms with E-state index >= 15 is 0 Å². The van der Waals surface area contributed by atoms with E-state index < -0.39 is 0 Å². The van der Waals surface area contributed by atoms with E-state index in [1.807, 2.05) is 42.5 Å². The third kappa shape index (κ3) is 2.02. The zero-order valence-electron chi connectivity index (χ0n) is 9.34. The molecule has 2 aromatic rings. The fourth-order valence-electron chi connectivity index (χ4n) is 1.87. The van der Waals surface area contributed by atoms with Crippen LogP contribution in [0.1, 0.15) is 5.56 Å². The predicted molar refractivity (Wildman–Crippen MR) is 73.1 cm³/mol. The molecule has 1 fully saturated rings. The van der Waals surface area contributed by atoms with Gasteiger partial charge < -0.3 is 0 Å². The lowest BCUT2D eigenvalue weighted by molar-refractivity contribution is -0.115. The van der Waals surface area contributed by atoms with Crippen molar-refractivity contribution >= 4 is 39.8 Å². The Kier molecular flexibility index (Phi) is 2.64. The first-order valence-electron chi connectivity index (χ1n) is 5.46. The first-order valence-corrected chi connectivity index (χ1v) is 6.28. The van der Waals surface area contributed by atoms with E-state index in [1.54, 1.807) is 6.08 Å². The molecule has 3 nitrogen and oxygen atoms in total. The van der Waals surface area contributed by atoms with Gasteiger partial charge in [0.05, 0.1) is 4.91 Å². The molecule has 0 atom stereocenters. The molecule has 0 bridgehead atoms. The van der Waals surface area contributed by atoms with Crippen molar-refractivity contribution in [2.24, 2.45) is 0 Å². The normalized spacial score (nSPS) is 17.4. The maximum absolute atomic E-state index is 11.4. The Balaban J connectivity index is 2.02. The highest BCUT2D eigenvalue weighted by atomic mass is 32.2. The summed E-state index contributed by atoms with van der Waals surface area (Å²) in [4.78, 5) is 22.9. The van der Waals surface area contributed by atoms with Crippen molar-refractivity contribution in [2.75, 3.05) is 0 Å². The van der Waals surface area contributed by atoms with Gasteiger partial charge in [0.25, 0.3) is 11.1 Å². The zero-order valence-corrected chi connectivity index (χ0v) is 10.2. The maximum Gasteiger partial charge on any atom is 0.290 e. The van der Waals surface area contributed by atoms with E-state index in [-0.39, 0.29) is 11.1 Å². The summed E-state index contributed by atoms with van der Waals surface area (Å²) in [6.45, 7) is 0. The largest absolute Gasteiger partial charge is 0.290 e. The molecule has 0 saturated carbocycles.